The van der Waals surface area contributed by atoms with Gasteiger partial charge in [0.2, 0.25) is 5.91 Å². The highest BCUT2D eigenvalue weighted by Crippen LogP contribution is 2.43. The van der Waals surface area contributed by atoms with Crippen molar-refractivity contribution in [3.8, 4) is 0 Å². The normalized spacial score (nSPS) is 29.5. The van der Waals surface area contributed by atoms with Gasteiger partial charge < -0.3 is 10.2 Å². The van der Waals surface area contributed by atoms with Crippen LogP contribution in [0, 0.1) is 5.92 Å². The summed E-state index contributed by atoms with van der Waals surface area (Å²) in [5.41, 5.74) is 2.86. The molecule has 4 rings (SSSR count). The molecule has 4 heteroatoms. The van der Waals surface area contributed by atoms with E-state index in [-0.39, 0.29) is 18.3 Å². The molecule has 1 aromatic rings. The molecule has 1 saturated heterocycles. The molecule has 0 spiro atoms. The average molecular weight is 335 g/mol. The van der Waals surface area contributed by atoms with Crippen molar-refractivity contribution in [1.82, 2.24) is 10.2 Å². The molecule has 2 fully saturated rings. The molecule has 1 aliphatic heterocycles. The molecule has 1 N–H and O–H groups in total. The van der Waals surface area contributed by atoms with E-state index < -0.39 is 0 Å². The lowest BCUT2D eigenvalue weighted by Crippen LogP contribution is -2.45. The van der Waals surface area contributed by atoms with Crippen molar-refractivity contribution in [2.75, 3.05) is 6.54 Å². The van der Waals surface area contributed by atoms with Crippen LogP contribution in [0.15, 0.2) is 24.3 Å². The second-order valence-corrected chi connectivity index (χ2v) is 7.31. The number of hydrogen-bond donors (Lipinski definition) is 1. The Morgan fingerprint density at radius 3 is 2.70 bits per heavy atom. The van der Waals surface area contributed by atoms with Crippen LogP contribution in [0.5, 0.6) is 0 Å². The van der Waals surface area contributed by atoms with Gasteiger partial charge >= 0.3 is 0 Å². The number of nitrogens with one attached hydrogen (secondary N) is 1. The highest BCUT2D eigenvalue weighted by atomic mass is 35.5. The van der Waals surface area contributed by atoms with E-state index in [4.69, 9.17) is 0 Å². The summed E-state index contributed by atoms with van der Waals surface area (Å²) in [6, 6.07) is 10.0. The van der Waals surface area contributed by atoms with Gasteiger partial charge in [0.1, 0.15) is 0 Å². The molecule has 2 aliphatic carbocycles. The van der Waals surface area contributed by atoms with E-state index in [1.807, 2.05) is 0 Å². The van der Waals surface area contributed by atoms with Gasteiger partial charge in [-0.25, -0.2) is 0 Å². The average Bonchev–Trinajstić information content (AvgIpc) is 3.28. The maximum absolute atomic E-state index is 13.2. The Kier molecular flexibility index (Phi) is 4.98. The van der Waals surface area contributed by atoms with Gasteiger partial charge in [0.05, 0.1) is 6.04 Å². The molecule has 126 valence electrons. The Balaban J connectivity index is 0.00000156. The third-order valence-corrected chi connectivity index (χ3v) is 5.60. The Morgan fingerprint density at radius 1 is 1.17 bits per heavy atom. The van der Waals surface area contributed by atoms with Crippen molar-refractivity contribution in [2.45, 2.75) is 63.6 Å². The summed E-state index contributed by atoms with van der Waals surface area (Å²) < 4.78 is 0. The lowest BCUT2D eigenvalue weighted by Gasteiger charge is -2.36. The van der Waals surface area contributed by atoms with Crippen LogP contribution in [-0.2, 0) is 11.2 Å². The molecular weight excluding hydrogens is 308 g/mol. The lowest BCUT2D eigenvalue weighted by atomic mass is 9.91. The molecule has 1 saturated carbocycles. The van der Waals surface area contributed by atoms with Crippen molar-refractivity contribution < 1.29 is 4.79 Å². The second kappa shape index (κ2) is 6.82. The van der Waals surface area contributed by atoms with Crippen LogP contribution in [0.25, 0.3) is 0 Å². The first kappa shape index (κ1) is 16.8. The van der Waals surface area contributed by atoms with E-state index in [0.717, 1.165) is 32.2 Å². The molecule has 1 amide bonds. The minimum Gasteiger partial charge on any atom is -0.332 e. The zero-order valence-electron chi connectivity index (χ0n) is 13.8. The van der Waals surface area contributed by atoms with Gasteiger partial charge in [-0.15, -0.1) is 12.4 Å². The number of rotatable bonds is 3. The highest BCUT2D eigenvalue weighted by molar-refractivity contribution is 5.85. The number of piperidine rings is 1. The van der Waals surface area contributed by atoms with Gasteiger partial charge in [-0.3, -0.25) is 4.79 Å². The molecule has 3 aliphatic rings. The maximum atomic E-state index is 13.2. The first-order valence-corrected chi connectivity index (χ1v) is 8.87. The van der Waals surface area contributed by atoms with Crippen LogP contribution >= 0.6 is 12.4 Å². The van der Waals surface area contributed by atoms with Crippen molar-refractivity contribution in [3.05, 3.63) is 35.4 Å². The van der Waals surface area contributed by atoms with E-state index in [0.29, 0.717) is 24.0 Å². The number of halogens is 1. The summed E-state index contributed by atoms with van der Waals surface area (Å²) in [5.74, 6) is 0.655. The molecule has 23 heavy (non-hydrogen) atoms. The Bertz CT molecular complexity index is 572. The minimum atomic E-state index is 0. The highest BCUT2D eigenvalue weighted by Gasteiger charge is 2.42. The number of nitrogens with zero attached hydrogens (tertiary/aromatic N) is 1. The summed E-state index contributed by atoms with van der Waals surface area (Å²) in [4.78, 5) is 15.5. The maximum Gasteiger partial charge on any atom is 0.226 e. The number of carbonyl (C=O) groups excluding carboxylic acids is 1. The molecule has 1 unspecified atom stereocenters. The fourth-order valence-corrected chi connectivity index (χ4v) is 4.33. The lowest BCUT2D eigenvalue weighted by molar-refractivity contribution is -0.140. The van der Waals surface area contributed by atoms with Gasteiger partial charge in [-0.05, 0) is 63.1 Å². The zero-order chi connectivity index (χ0) is 15.1. The number of benzene rings is 1. The predicted molar refractivity (Wildman–Crippen MR) is 94.8 cm³/mol. The molecule has 0 bridgehead atoms. The van der Waals surface area contributed by atoms with E-state index in [9.17, 15) is 4.79 Å². The largest absolute Gasteiger partial charge is 0.332 e. The summed E-state index contributed by atoms with van der Waals surface area (Å²) in [6.07, 6.45) is 6.63. The summed E-state index contributed by atoms with van der Waals surface area (Å²) in [6.45, 7) is 3.18. The van der Waals surface area contributed by atoms with Crippen molar-refractivity contribution in [1.29, 1.82) is 0 Å². The van der Waals surface area contributed by atoms with Gasteiger partial charge in [-0.2, -0.15) is 0 Å². The van der Waals surface area contributed by atoms with E-state index in [2.05, 4.69) is 41.4 Å². The molecular formula is C19H27ClN2O. The fraction of sp³-hybridized carbons (Fsp3) is 0.632. The monoisotopic (exact) mass is 334 g/mol. The predicted octanol–water partition coefficient (Wildman–Crippen LogP) is 3.47. The van der Waals surface area contributed by atoms with Gasteiger partial charge in [0, 0.05) is 18.0 Å². The number of fused-ring (bicyclic) bond motifs is 1. The van der Waals surface area contributed by atoms with Crippen LogP contribution in [0.4, 0.5) is 0 Å². The topological polar surface area (TPSA) is 32.3 Å². The first-order chi connectivity index (χ1) is 10.7. The van der Waals surface area contributed by atoms with Crippen LogP contribution in [0.3, 0.4) is 0 Å². The quantitative estimate of drug-likeness (QED) is 0.918. The number of carbonyl (C=O) groups is 1. The molecule has 0 radical (unpaired) electrons. The third-order valence-electron chi connectivity index (χ3n) is 5.60. The number of amides is 1. The molecule has 1 heterocycles. The minimum absolute atomic E-state index is 0. The standard InChI is InChI=1S/C19H26N2O.ClH/c1-13-12-15(10-11-20-13)19(22)21(16-7-8-16)18-9-6-14-4-2-3-5-17(14)18;/h2-5,13,15-16,18,20H,6-12H2,1H3;1H/t13-,15-,18?;/m0./s1. The molecule has 1 aromatic carbocycles. The second-order valence-electron chi connectivity index (χ2n) is 7.31. The van der Waals surface area contributed by atoms with Crippen LogP contribution in [-0.4, -0.2) is 29.4 Å². The summed E-state index contributed by atoms with van der Waals surface area (Å²) in [5, 5.41) is 3.47. The Labute approximate surface area is 145 Å². The SMILES string of the molecule is C[C@H]1C[C@@H](C(=O)N(C2CC2)C2CCc3ccccc32)CCN1.Cl. The van der Waals surface area contributed by atoms with Crippen molar-refractivity contribution in [3.63, 3.8) is 0 Å². The third kappa shape index (κ3) is 3.27. The Hall–Kier alpha value is -1.06. The summed E-state index contributed by atoms with van der Waals surface area (Å²) in [7, 11) is 0. The van der Waals surface area contributed by atoms with Gasteiger partial charge in [-0.1, -0.05) is 24.3 Å². The smallest absolute Gasteiger partial charge is 0.226 e. The molecule has 3 atom stereocenters. The van der Waals surface area contributed by atoms with E-state index in [1.165, 1.54) is 24.0 Å². The van der Waals surface area contributed by atoms with Crippen LogP contribution < -0.4 is 5.32 Å². The van der Waals surface area contributed by atoms with Crippen LogP contribution in [0.1, 0.15) is 56.2 Å². The van der Waals surface area contributed by atoms with Crippen molar-refractivity contribution in [2.24, 2.45) is 5.92 Å². The summed E-state index contributed by atoms with van der Waals surface area (Å²) >= 11 is 0. The molecule has 0 aromatic heterocycles. The fourth-order valence-electron chi connectivity index (χ4n) is 4.33. The first-order valence-electron chi connectivity index (χ1n) is 8.87. The van der Waals surface area contributed by atoms with Gasteiger partial charge in [0.25, 0.3) is 0 Å². The number of hydrogen-bond acceptors (Lipinski definition) is 2. The van der Waals surface area contributed by atoms with Gasteiger partial charge in [0.15, 0.2) is 0 Å². The van der Waals surface area contributed by atoms with E-state index >= 15 is 0 Å². The van der Waals surface area contributed by atoms with E-state index in [1.54, 1.807) is 0 Å². The Morgan fingerprint density at radius 2 is 1.96 bits per heavy atom. The number of aryl methyl sites for hydroxylation is 1. The van der Waals surface area contributed by atoms with Crippen molar-refractivity contribution >= 4 is 18.3 Å². The zero-order valence-corrected chi connectivity index (χ0v) is 14.6. The van der Waals surface area contributed by atoms with Crippen LogP contribution in [0.2, 0.25) is 0 Å². The molecule has 3 nitrogen and oxygen atoms in total.